The minimum Gasteiger partial charge on any atom is -0.368 e. The molecule has 1 aromatic rings. The summed E-state index contributed by atoms with van der Waals surface area (Å²) in [5, 5.41) is 14.5. The van der Waals surface area contributed by atoms with Crippen molar-refractivity contribution in [3.05, 3.63) is 33.9 Å². The van der Waals surface area contributed by atoms with Gasteiger partial charge in [0.15, 0.2) is 5.78 Å². The highest BCUT2D eigenvalue weighted by molar-refractivity contribution is 5.98. The van der Waals surface area contributed by atoms with Crippen LogP contribution in [-0.4, -0.2) is 35.9 Å². The van der Waals surface area contributed by atoms with E-state index in [4.69, 9.17) is 0 Å². The van der Waals surface area contributed by atoms with Gasteiger partial charge < -0.3 is 10.2 Å². The van der Waals surface area contributed by atoms with E-state index in [2.05, 4.69) is 24.1 Å². The lowest BCUT2D eigenvalue weighted by molar-refractivity contribution is -0.385. The van der Waals surface area contributed by atoms with Crippen LogP contribution in [-0.2, 0) is 0 Å². The van der Waals surface area contributed by atoms with Gasteiger partial charge in [-0.2, -0.15) is 0 Å². The topological polar surface area (TPSA) is 75.5 Å². The monoisotopic (exact) mass is 277 g/mol. The van der Waals surface area contributed by atoms with Gasteiger partial charge in [0.1, 0.15) is 0 Å². The fourth-order valence-corrected chi connectivity index (χ4v) is 2.70. The molecule has 1 aromatic carbocycles. The number of nitro benzene ring substituents is 1. The molecule has 0 spiro atoms. The maximum atomic E-state index is 11.4. The standard InChI is InChI=1S/C14H19N3O3/c1-9-7-16(8-10(2)15-9)12-4-5-13(11(3)18)14(6-12)17(19)20/h4-6,9-10,15H,7-8H2,1-3H3. The number of ketones is 1. The first-order valence-corrected chi connectivity index (χ1v) is 6.69. The van der Waals surface area contributed by atoms with E-state index in [1.54, 1.807) is 12.1 Å². The fourth-order valence-electron chi connectivity index (χ4n) is 2.70. The highest BCUT2D eigenvalue weighted by atomic mass is 16.6. The molecular formula is C14H19N3O3. The number of nitrogens with zero attached hydrogens (tertiary/aromatic N) is 2. The second-order valence-electron chi connectivity index (χ2n) is 5.39. The summed E-state index contributed by atoms with van der Waals surface area (Å²) in [6.07, 6.45) is 0. The molecule has 6 heteroatoms. The van der Waals surface area contributed by atoms with Crippen molar-refractivity contribution in [2.75, 3.05) is 18.0 Å². The molecule has 2 unspecified atom stereocenters. The van der Waals surface area contributed by atoms with Gasteiger partial charge in [0.05, 0.1) is 10.5 Å². The Kier molecular flexibility index (Phi) is 4.04. The van der Waals surface area contributed by atoms with Gasteiger partial charge in [0.2, 0.25) is 0 Å². The molecule has 1 saturated heterocycles. The van der Waals surface area contributed by atoms with Crippen molar-refractivity contribution in [3.8, 4) is 0 Å². The summed E-state index contributed by atoms with van der Waals surface area (Å²) in [4.78, 5) is 24.2. The quantitative estimate of drug-likeness (QED) is 0.519. The van der Waals surface area contributed by atoms with Crippen LogP contribution in [0.4, 0.5) is 11.4 Å². The van der Waals surface area contributed by atoms with Crippen LogP contribution in [0, 0.1) is 10.1 Å². The second kappa shape index (κ2) is 5.58. The molecule has 108 valence electrons. The Labute approximate surface area is 117 Å². The Morgan fingerprint density at radius 1 is 1.35 bits per heavy atom. The van der Waals surface area contributed by atoms with E-state index in [0.717, 1.165) is 18.8 Å². The van der Waals surface area contributed by atoms with Gasteiger partial charge in [-0.25, -0.2) is 0 Å². The van der Waals surface area contributed by atoms with Crippen LogP contribution in [0.5, 0.6) is 0 Å². The van der Waals surface area contributed by atoms with Gasteiger partial charge >= 0.3 is 0 Å². The Morgan fingerprint density at radius 3 is 2.45 bits per heavy atom. The van der Waals surface area contributed by atoms with Crippen molar-refractivity contribution in [1.29, 1.82) is 0 Å². The molecular weight excluding hydrogens is 258 g/mol. The van der Waals surface area contributed by atoms with Crippen molar-refractivity contribution < 1.29 is 9.72 Å². The largest absolute Gasteiger partial charge is 0.368 e. The van der Waals surface area contributed by atoms with E-state index in [1.165, 1.54) is 13.0 Å². The van der Waals surface area contributed by atoms with Crippen LogP contribution in [0.25, 0.3) is 0 Å². The van der Waals surface area contributed by atoms with Gasteiger partial charge in [-0.05, 0) is 32.9 Å². The van der Waals surface area contributed by atoms with E-state index in [-0.39, 0.29) is 17.0 Å². The van der Waals surface area contributed by atoms with Crippen LogP contribution >= 0.6 is 0 Å². The second-order valence-corrected chi connectivity index (χ2v) is 5.39. The maximum Gasteiger partial charge on any atom is 0.282 e. The number of carbonyl (C=O) groups excluding carboxylic acids is 1. The van der Waals surface area contributed by atoms with Crippen LogP contribution in [0.1, 0.15) is 31.1 Å². The number of Topliss-reactive ketones (excluding diaryl/α,β-unsaturated/α-hetero) is 1. The van der Waals surface area contributed by atoms with Crippen LogP contribution in [0.15, 0.2) is 18.2 Å². The SMILES string of the molecule is CC(=O)c1ccc(N2CC(C)NC(C)C2)cc1[N+](=O)[O-]. The van der Waals surface area contributed by atoms with Gasteiger partial charge in [0, 0.05) is 36.9 Å². The highest BCUT2D eigenvalue weighted by Gasteiger charge is 2.24. The molecule has 0 aliphatic carbocycles. The van der Waals surface area contributed by atoms with Gasteiger partial charge in [0.25, 0.3) is 5.69 Å². The van der Waals surface area contributed by atoms with Crippen LogP contribution < -0.4 is 10.2 Å². The Morgan fingerprint density at radius 2 is 1.95 bits per heavy atom. The van der Waals surface area contributed by atoms with E-state index in [9.17, 15) is 14.9 Å². The predicted octanol–water partition coefficient (Wildman–Crippen LogP) is 1.98. The first kappa shape index (κ1) is 14.5. The number of benzene rings is 1. The molecule has 2 atom stereocenters. The van der Waals surface area contributed by atoms with Crippen molar-refractivity contribution >= 4 is 17.2 Å². The molecule has 1 heterocycles. The molecule has 1 aliphatic rings. The third-order valence-corrected chi connectivity index (χ3v) is 3.48. The zero-order valence-electron chi connectivity index (χ0n) is 11.9. The molecule has 20 heavy (non-hydrogen) atoms. The molecule has 0 aromatic heterocycles. The zero-order chi connectivity index (χ0) is 14.9. The predicted molar refractivity (Wildman–Crippen MR) is 77.4 cm³/mol. The van der Waals surface area contributed by atoms with Crippen molar-refractivity contribution in [2.45, 2.75) is 32.9 Å². The summed E-state index contributed by atoms with van der Waals surface area (Å²) in [5.74, 6) is -0.287. The van der Waals surface area contributed by atoms with Crippen molar-refractivity contribution in [1.82, 2.24) is 5.32 Å². The number of carbonyl (C=O) groups is 1. The summed E-state index contributed by atoms with van der Waals surface area (Å²) < 4.78 is 0. The number of rotatable bonds is 3. The molecule has 1 fully saturated rings. The average molecular weight is 277 g/mol. The van der Waals surface area contributed by atoms with Crippen LogP contribution in [0.2, 0.25) is 0 Å². The van der Waals surface area contributed by atoms with Gasteiger partial charge in [-0.15, -0.1) is 0 Å². The molecule has 0 saturated carbocycles. The first-order chi connectivity index (χ1) is 9.38. The summed E-state index contributed by atoms with van der Waals surface area (Å²) in [6, 6.07) is 5.49. The Hall–Kier alpha value is -1.95. The summed E-state index contributed by atoms with van der Waals surface area (Å²) in [6.45, 7) is 7.10. The minimum absolute atomic E-state index is 0.117. The third kappa shape index (κ3) is 2.96. The van der Waals surface area contributed by atoms with Crippen molar-refractivity contribution in [2.24, 2.45) is 0 Å². The summed E-state index contributed by atoms with van der Waals surface area (Å²) >= 11 is 0. The zero-order valence-corrected chi connectivity index (χ0v) is 11.9. The lowest BCUT2D eigenvalue weighted by Gasteiger charge is -2.37. The number of hydrogen-bond donors (Lipinski definition) is 1. The molecule has 2 rings (SSSR count). The lowest BCUT2D eigenvalue weighted by atomic mass is 10.1. The maximum absolute atomic E-state index is 11.4. The molecule has 1 N–H and O–H groups in total. The minimum atomic E-state index is -0.491. The average Bonchev–Trinajstić information content (AvgIpc) is 2.36. The molecule has 1 aliphatic heterocycles. The lowest BCUT2D eigenvalue weighted by Crippen LogP contribution is -2.54. The Bertz CT molecular complexity index is 534. The Balaban J connectivity index is 2.36. The fraction of sp³-hybridized carbons (Fsp3) is 0.500. The molecule has 0 bridgehead atoms. The van der Waals surface area contributed by atoms with E-state index in [0.29, 0.717) is 12.1 Å². The number of piperazine rings is 1. The molecule has 0 amide bonds. The molecule has 0 radical (unpaired) electrons. The number of hydrogen-bond acceptors (Lipinski definition) is 5. The van der Waals surface area contributed by atoms with E-state index < -0.39 is 4.92 Å². The van der Waals surface area contributed by atoms with Crippen molar-refractivity contribution in [3.63, 3.8) is 0 Å². The smallest absolute Gasteiger partial charge is 0.282 e. The molecule has 6 nitrogen and oxygen atoms in total. The number of anilines is 1. The van der Waals surface area contributed by atoms with Gasteiger partial charge in [-0.1, -0.05) is 0 Å². The van der Waals surface area contributed by atoms with Crippen LogP contribution in [0.3, 0.4) is 0 Å². The first-order valence-electron chi connectivity index (χ1n) is 6.69. The highest BCUT2D eigenvalue weighted by Crippen LogP contribution is 2.27. The summed E-state index contributed by atoms with van der Waals surface area (Å²) in [5.41, 5.74) is 0.839. The number of nitrogens with one attached hydrogen (secondary N) is 1. The normalized spacial score (nSPS) is 22.6. The number of nitro groups is 1. The van der Waals surface area contributed by atoms with E-state index >= 15 is 0 Å². The third-order valence-electron chi connectivity index (χ3n) is 3.48. The van der Waals surface area contributed by atoms with Gasteiger partial charge in [-0.3, -0.25) is 14.9 Å². The van der Waals surface area contributed by atoms with E-state index in [1.807, 2.05) is 0 Å². The summed E-state index contributed by atoms with van der Waals surface area (Å²) in [7, 11) is 0.